The van der Waals surface area contributed by atoms with E-state index in [1.165, 1.54) is 0 Å². The summed E-state index contributed by atoms with van der Waals surface area (Å²) >= 11 is 0. The van der Waals surface area contributed by atoms with Crippen molar-refractivity contribution in [1.29, 1.82) is 0 Å². The highest BCUT2D eigenvalue weighted by molar-refractivity contribution is 7.48. The van der Waals surface area contributed by atoms with Crippen molar-refractivity contribution in [2.75, 3.05) is 19.3 Å². The van der Waals surface area contributed by atoms with Crippen LogP contribution in [0.4, 0.5) is 0 Å². The van der Waals surface area contributed by atoms with Gasteiger partial charge in [-0.1, -0.05) is 7.60 Å². The van der Waals surface area contributed by atoms with Gasteiger partial charge in [-0.25, -0.2) is 0 Å². The molecule has 0 bridgehead atoms. The number of amides is 1. The Balaban J connectivity index is 3.69. The van der Waals surface area contributed by atoms with E-state index in [0.29, 0.717) is 13.0 Å². The van der Waals surface area contributed by atoms with Crippen LogP contribution in [0.3, 0.4) is 0 Å². The molecule has 0 aromatic carbocycles. The van der Waals surface area contributed by atoms with Gasteiger partial charge in [0.1, 0.15) is 0 Å². The molecule has 0 heterocycles. The van der Waals surface area contributed by atoms with Gasteiger partial charge in [0.25, 0.3) is 0 Å². The minimum absolute atomic E-state index is 0.0480. The van der Waals surface area contributed by atoms with Crippen LogP contribution in [0.15, 0.2) is 0 Å². The molecule has 0 atom stereocenters. The summed E-state index contributed by atoms with van der Waals surface area (Å²) in [5.74, 6) is -0.632. The monoisotopic (exact) mass is 237 g/mol. The van der Waals surface area contributed by atoms with Crippen molar-refractivity contribution in [3.05, 3.63) is 5.21 Å². The van der Waals surface area contributed by atoms with Crippen LogP contribution in [0.1, 0.15) is 19.3 Å². The third-order valence-corrected chi connectivity index (χ3v) is 2.53. The molecule has 90 valence electrons. The molecule has 7 nitrogen and oxygen atoms in total. The molecule has 0 rings (SSSR count). The largest absolute Gasteiger partial charge is 0.811 e. The maximum atomic E-state index is 11.0. The molecule has 0 aromatic rings. The second-order valence-corrected chi connectivity index (χ2v) is 4.75. The summed E-state index contributed by atoms with van der Waals surface area (Å²) in [4.78, 5) is 31.4. The standard InChI is InChI=1S/C7H16N2O5P/c8-4-1-3-7(10)9(11)5-2-6-15(12,13)14/h1-6,8H2,(H2,12,13,14)/q-1/p-2. The maximum absolute atomic E-state index is 11.0. The average molecular weight is 237 g/mol. The highest BCUT2D eigenvalue weighted by Crippen LogP contribution is 2.23. The van der Waals surface area contributed by atoms with Gasteiger partial charge in [0.05, 0.1) is 0 Å². The fourth-order valence-electron chi connectivity index (χ4n) is 0.911. The van der Waals surface area contributed by atoms with Crippen LogP contribution in [-0.4, -0.2) is 30.2 Å². The third-order valence-electron chi connectivity index (χ3n) is 1.67. The Labute approximate surface area is 88.0 Å². The predicted molar refractivity (Wildman–Crippen MR) is 50.5 cm³/mol. The van der Waals surface area contributed by atoms with E-state index in [1.807, 2.05) is 0 Å². The van der Waals surface area contributed by atoms with Crippen molar-refractivity contribution in [3.63, 3.8) is 0 Å². The van der Waals surface area contributed by atoms with E-state index < -0.39 is 19.7 Å². The first-order valence-corrected chi connectivity index (χ1v) is 6.28. The molecule has 0 aliphatic carbocycles. The van der Waals surface area contributed by atoms with Crippen molar-refractivity contribution < 1.29 is 19.1 Å². The van der Waals surface area contributed by atoms with Gasteiger partial charge in [-0.05, 0) is 25.5 Å². The number of hydroxylamine groups is 2. The topological polar surface area (TPSA) is 133 Å². The van der Waals surface area contributed by atoms with Crippen molar-refractivity contribution in [1.82, 2.24) is 5.06 Å². The number of carbonyl (C=O) groups is 1. The summed E-state index contributed by atoms with van der Waals surface area (Å²) in [6.07, 6.45) is -0.260. The molecule has 15 heavy (non-hydrogen) atoms. The first kappa shape index (κ1) is 14.5. The molecule has 0 spiro atoms. The van der Waals surface area contributed by atoms with Gasteiger partial charge in [-0.15, -0.1) is 0 Å². The molecular weight excluding hydrogens is 223 g/mol. The number of nitrogens with zero attached hydrogens (tertiary/aromatic N) is 1. The Morgan fingerprint density at radius 2 is 1.93 bits per heavy atom. The van der Waals surface area contributed by atoms with Gasteiger partial charge in [-0.3, -0.25) is 4.79 Å². The van der Waals surface area contributed by atoms with Gasteiger partial charge in [-0.2, -0.15) is 0 Å². The Morgan fingerprint density at radius 3 is 2.40 bits per heavy atom. The molecule has 0 aromatic heterocycles. The van der Waals surface area contributed by atoms with Crippen LogP contribution in [0.25, 0.3) is 0 Å². The summed E-state index contributed by atoms with van der Waals surface area (Å²) in [6.45, 7) is 0.0494. The lowest BCUT2D eigenvalue weighted by atomic mass is 10.3. The van der Waals surface area contributed by atoms with E-state index in [1.54, 1.807) is 0 Å². The van der Waals surface area contributed by atoms with Crippen LogP contribution in [0.2, 0.25) is 0 Å². The number of nitrogens with two attached hydrogens (primary N) is 1. The SMILES string of the molecule is NCCCC(=O)N([O-])CCCP(=O)([O-])[O-]. The summed E-state index contributed by atoms with van der Waals surface area (Å²) < 4.78 is 10.2. The Kier molecular flexibility index (Phi) is 6.71. The fraction of sp³-hybridized carbons (Fsp3) is 0.857. The maximum Gasteiger partial charge on any atom is 0.212 e. The van der Waals surface area contributed by atoms with E-state index in [0.717, 1.165) is 0 Å². The summed E-state index contributed by atoms with van der Waals surface area (Å²) in [5.41, 5.74) is 5.14. The zero-order valence-electron chi connectivity index (χ0n) is 8.26. The first-order chi connectivity index (χ1) is 6.87. The minimum atomic E-state index is -4.57. The zero-order chi connectivity index (χ0) is 11.9. The normalized spacial score (nSPS) is 11.5. The van der Waals surface area contributed by atoms with E-state index in [4.69, 9.17) is 5.73 Å². The Morgan fingerprint density at radius 1 is 1.33 bits per heavy atom. The molecule has 0 aliphatic heterocycles. The van der Waals surface area contributed by atoms with Crippen molar-refractivity contribution in [2.24, 2.45) is 5.73 Å². The van der Waals surface area contributed by atoms with Crippen molar-refractivity contribution in [2.45, 2.75) is 19.3 Å². The highest BCUT2D eigenvalue weighted by Gasteiger charge is 2.03. The zero-order valence-corrected chi connectivity index (χ0v) is 9.15. The second kappa shape index (κ2) is 6.92. The number of hydrogen-bond acceptors (Lipinski definition) is 6. The smallest absolute Gasteiger partial charge is 0.212 e. The lowest BCUT2D eigenvalue weighted by Gasteiger charge is -2.33. The van der Waals surface area contributed by atoms with Crippen LogP contribution < -0.4 is 15.5 Å². The molecule has 2 N–H and O–H groups in total. The molecule has 0 unspecified atom stereocenters. The molecular formula is C7H14N2O5P-3. The van der Waals surface area contributed by atoms with E-state index >= 15 is 0 Å². The average Bonchev–Trinajstić information content (AvgIpc) is 2.11. The third kappa shape index (κ3) is 8.53. The van der Waals surface area contributed by atoms with Gasteiger partial charge < -0.3 is 30.4 Å². The number of rotatable bonds is 7. The molecule has 0 saturated heterocycles. The summed E-state index contributed by atoms with van der Waals surface area (Å²) in [7, 11) is -4.57. The molecule has 0 aliphatic rings. The lowest BCUT2D eigenvalue weighted by Crippen LogP contribution is -2.28. The van der Waals surface area contributed by atoms with Crippen molar-refractivity contribution in [3.8, 4) is 0 Å². The molecule has 0 radical (unpaired) electrons. The first-order valence-electron chi connectivity index (χ1n) is 4.55. The van der Waals surface area contributed by atoms with Crippen LogP contribution in [0.5, 0.6) is 0 Å². The minimum Gasteiger partial charge on any atom is -0.811 e. The molecule has 1 amide bonds. The predicted octanol–water partition coefficient (Wildman–Crippen LogP) is -1.64. The van der Waals surface area contributed by atoms with Gasteiger partial charge in [0.2, 0.25) is 5.91 Å². The van der Waals surface area contributed by atoms with Crippen LogP contribution in [0, 0.1) is 5.21 Å². The molecule has 8 heteroatoms. The van der Waals surface area contributed by atoms with Gasteiger partial charge >= 0.3 is 0 Å². The van der Waals surface area contributed by atoms with Gasteiger partial charge in [0, 0.05) is 13.0 Å². The van der Waals surface area contributed by atoms with Gasteiger partial charge in [0.15, 0.2) is 0 Å². The second-order valence-electron chi connectivity index (χ2n) is 3.08. The fourth-order valence-corrected chi connectivity index (χ4v) is 1.44. The quantitative estimate of drug-likeness (QED) is 0.417. The molecule has 0 fully saturated rings. The summed E-state index contributed by atoms with van der Waals surface area (Å²) in [5, 5.41) is 11.1. The Hall–Kier alpha value is -0.460. The summed E-state index contributed by atoms with van der Waals surface area (Å²) in [6, 6.07) is 0. The Bertz CT molecular complexity index is 242. The van der Waals surface area contributed by atoms with Crippen molar-refractivity contribution >= 4 is 13.5 Å². The number of carbonyl (C=O) groups excluding carboxylic acids is 1. The van der Waals surface area contributed by atoms with E-state index in [9.17, 15) is 24.4 Å². The highest BCUT2D eigenvalue weighted by atomic mass is 31.2. The number of hydrogen-bond donors (Lipinski definition) is 1. The van der Waals surface area contributed by atoms with E-state index in [-0.39, 0.29) is 24.4 Å². The lowest BCUT2D eigenvalue weighted by molar-refractivity contribution is -0.313. The van der Waals surface area contributed by atoms with E-state index in [2.05, 4.69) is 0 Å². The molecule has 0 saturated carbocycles. The van der Waals surface area contributed by atoms with Crippen LogP contribution >= 0.6 is 7.60 Å². The van der Waals surface area contributed by atoms with Crippen LogP contribution in [-0.2, 0) is 9.36 Å².